The Morgan fingerprint density at radius 3 is 2.37 bits per heavy atom. The lowest BCUT2D eigenvalue weighted by molar-refractivity contribution is -0.134. The van der Waals surface area contributed by atoms with Gasteiger partial charge < -0.3 is 10.6 Å². The van der Waals surface area contributed by atoms with Crippen LogP contribution in [0.1, 0.15) is 33.1 Å². The van der Waals surface area contributed by atoms with E-state index in [2.05, 4.69) is 4.72 Å². The number of carbonyl (C=O) groups excluding carboxylic acids is 1. The van der Waals surface area contributed by atoms with Gasteiger partial charge in [-0.1, -0.05) is 20.3 Å². The Bertz CT molecular complexity index is 402. The Morgan fingerprint density at radius 1 is 1.42 bits per heavy atom. The van der Waals surface area contributed by atoms with Crippen molar-refractivity contribution in [1.29, 1.82) is 0 Å². The first-order valence-corrected chi connectivity index (χ1v) is 8.65. The molecule has 7 heteroatoms. The maximum absolute atomic E-state index is 12.2. The molecule has 1 fully saturated rings. The molecule has 2 atom stereocenters. The molecule has 1 aliphatic rings. The largest absolute Gasteiger partial charge is 0.341 e. The molecule has 1 heterocycles. The first-order chi connectivity index (χ1) is 8.74. The molecule has 0 spiro atoms. The summed E-state index contributed by atoms with van der Waals surface area (Å²) in [5.41, 5.74) is 5.94. The summed E-state index contributed by atoms with van der Waals surface area (Å²) in [4.78, 5) is 13.9. The van der Waals surface area contributed by atoms with Crippen LogP contribution in [-0.4, -0.2) is 50.7 Å². The predicted octanol–water partition coefficient (Wildman–Crippen LogP) is -0.1000. The maximum Gasteiger partial charge on any atom is 0.239 e. The van der Waals surface area contributed by atoms with E-state index in [4.69, 9.17) is 5.73 Å². The van der Waals surface area contributed by atoms with E-state index < -0.39 is 16.1 Å². The second-order valence-corrected chi connectivity index (χ2v) is 7.18. The zero-order chi connectivity index (χ0) is 14.6. The third kappa shape index (κ3) is 5.08. The summed E-state index contributed by atoms with van der Waals surface area (Å²) in [5.74, 6) is 0.145. The minimum atomic E-state index is -3.17. The fourth-order valence-corrected chi connectivity index (χ4v) is 3.07. The molecule has 3 N–H and O–H groups in total. The topological polar surface area (TPSA) is 92.5 Å². The lowest BCUT2D eigenvalue weighted by atomic mass is 9.97. The van der Waals surface area contributed by atoms with Crippen molar-refractivity contribution in [1.82, 2.24) is 9.62 Å². The molecule has 0 aliphatic carbocycles. The second kappa shape index (κ2) is 6.67. The minimum absolute atomic E-state index is 0.0212. The zero-order valence-corrected chi connectivity index (χ0v) is 12.7. The molecule has 0 bridgehead atoms. The van der Waals surface area contributed by atoms with Crippen LogP contribution in [0.2, 0.25) is 0 Å². The van der Waals surface area contributed by atoms with E-state index in [1.807, 2.05) is 13.8 Å². The Kier molecular flexibility index (Phi) is 5.76. The van der Waals surface area contributed by atoms with Crippen LogP contribution >= 0.6 is 0 Å². The van der Waals surface area contributed by atoms with E-state index in [1.54, 1.807) is 4.90 Å². The molecule has 0 aromatic carbocycles. The average molecular weight is 291 g/mol. The molecule has 19 heavy (non-hydrogen) atoms. The third-order valence-corrected chi connectivity index (χ3v) is 4.49. The number of likely N-dealkylation sites (tertiary alicyclic amines) is 1. The number of hydrogen-bond donors (Lipinski definition) is 2. The second-order valence-electron chi connectivity index (χ2n) is 5.40. The van der Waals surface area contributed by atoms with Gasteiger partial charge >= 0.3 is 0 Å². The Balaban J connectivity index is 2.47. The Morgan fingerprint density at radius 2 is 1.95 bits per heavy atom. The predicted molar refractivity (Wildman–Crippen MR) is 75.0 cm³/mol. The van der Waals surface area contributed by atoms with Crippen LogP contribution in [-0.2, 0) is 14.8 Å². The summed E-state index contributed by atoms with van der Waals surface area (Å²) in [6.07, 6.45) is 3.32. The maximum atomic E-state index is 12.2. The lowest BCUT2D eigenvalue weighted by Gasteiger charge is -2.34. The molecule has 0 unspecified atom stereocenters. The third-order valence-electron chi connectivity index (χ3n) is 3.73. The van der Waals surface area contributed by atoms with Gasteiger partial charge in [0.1, 0.15) is 0 Å². The van der Waals surface area contributed by atoms with Crippen molar-refractivity contribution in [2.45, 2.75) is 45.2 Å². The summed E-state index contributed by atoms with van der Waals surface area (Å²) in [6.45, 7) is 5.12. The molecule has 0 aromatic heterocycles. The molecule has 1 amide bonds. The van der Waals surface area contributed by atoms with E-state index in [1.165, 1.54) is 0 Å². The van der Waals surface area contributed by atoms with Crippen LogP contribution in [0.3, 0.4) is 0 Å². The van der Waals surface area contributed by atoms with Crippen molar-refractivity contribution in [2.24, 2.45) is 11.7 Å². The van der Waals surface area contributed by atoms with Crippen molar-refractivity contribution < 1.29 is 13.2 Å². The SMILES string of the molecule is CC[C@H](C)[C@H](N)C(=O)N1CCC(NS(C)(=O)=O)CC1. The highest BCUT2D eigenvalue weighted by molar-refractivity contribution is 7.88. The van der Waals surface area contributed by atoms with Gasteiger partial charge in [-0.2, -0.15) is 0 Å². The first-order valence-electron chi connectivity index (χ1n) is 6.76. The van der Waals surface area contributed by atoms with Crippen LogP contribution in [0.4, 0.5) is 0 Å². The average Bonchev–Trinajstić information content (AvgIpc) is 2.35. The highest BCUT2D eigenvalue weighted by atomic mass is 32.2. The summed E-state index contributed by atoms with van der Waals surface area (Å²) in [5, 5.41) is 0. The van der Waals surface area contributed by atoms with Crippen LogP contribution in [0.25, 0.3) is 0 Å². The van der Waals surface area contributed by atoms with Crippen LogP contribution < -0.4 is 10.5 Å². The molecule has 0 radical (unpaired) electrons. The van der Waals surface area contributed by atoms with Gasteiger partial charge in [0.15, 0.2) is 0 Å². The smallest absolute Gasteiger partial charge is 0.239 e. The Labute approximate surface area is 115 Å². The zero-order valence-electron chi connectivity index (χ0n) is 11.9. The number of nitrogens with zero attached hydrogens (tertiary/aromatic N) is 1. The van der Waals surface area contributed by atoms with Gasteiger partial charge in [-0.3, -0.25) is 4.79 Å². The van der Waals surface area contributed by atoms with Crippen molar-refractivity contribution in [3.8, 4) is 0 Å². The van der Waals surface area contributed by atoms with E-state index in [0.717, 1.165) is 12.7 Å². The lowest BCUT2D eigenvalue weighted by Crippen LogP contribution is -2.52. The number of rotatable bonds is 5. The number of nitrogens with one attached hydrogen (secondary N) is 1. The van der Waals surface area contributed by atoms with E-state index in [9.17, 15) is 13.2 Å². The number of hydrogen-bond acceptors (Lipinski definition) is 4. The normalized spacial score (nSPS) is 21.2. The van der Waals surface area contributed by atoms with Gasteiger partial charge in [0.25, 0.3) is 0 Å². The number of piperidine rings is 1. The van der Waals surface area contributed by atoms with Crippen molar-refractivity contribution in [3.05, 3.63) is 0 Å². The fourth-order valence-electron chi connectivity index (χ4n) is 2.23. The Hall–Kier alpha value is -0.660. The fraction of sp³-hybridized carbons (Fsp3) is 0.917. The van der Waals surface area contributed by atoms with Gasteiger partial charge in [-0.05, 0) is 18.8 Å². The van der Waals surface area contributed by atoms with E-state index in [0.29, 0.717) is 25.9 Å². The van der Waals surface area contributed by atoms with Crippen LogP contribution in [0.15, 0.2) is 0 Å². The van der Waals surface area contributed by atoms with Gasteiger partial charge in [0, 0.05) is 19.1 Å². The number of sulfonamides is 1. The highest BCUT2D eigenvalue weighted by Crippen LogP contribution is 2.15. The molecule has 0 aromatic rings. The summed E-state index contributed by atoms with van der Waals surface area (Å²) in [7, 11) is -3.17. The van der Waals surface area contributed by atoms with Crippen molar-refractivity contribution >= 4 is 15.9 Å². The summed E-state index contributed by atoms with van der Waals surface area (Å²) >= 11 is 0. The molecule has 0 saturated carbocycles. The standard InChI is InChI=1S/C12H25N3O3S/c1-4-9(2)11(13)12(16)15-7-5-10(6-8-15)14-19(3,17)18/h9-11,14H,4-8,13H2,1-3H3/t9-,11-/m0/s1. The molecule has 6 nitrogen and oxygen atoms in total. The molecular weight excluding hydrogens is 266 g/mol. The molecule has 1 saturated heterocycles. The monoisotopic (exact) mass is 291 g/mol. The van der Waals surface area contributed by atoms with Gasteiger partial charge in [-0.15, -0.1) is 0 Å². The van der Waals surface area contributed by atoms with Crippen LogP contribution in [0.5, 0.6) is 0 Å². The highest BCUT2D eigenvalue weighted by Gasteiger charge is 2.29. The van der Waals surface area contributed by atoms with Gasteiger partial charge in [0.2, 0.25) is 15.9 Å². The molecule has 1 aliphatic heterocycles. The van der Waals surface area contributed by atoms with Crippen LogP contribution in [0, 0.1) is 5.92 Å². The van der Waals surface area contributed by atoms with E-state index in [-0.39, 0.29) is 17.9 Å². The molecular formula is C12H25N3O3S. The van der Waals surface area contributed by atoms with Gasteiger partial charge in [0.05, 0.1) is 12.3 Å². The van der Waals surface area contributed by atoms with Crippen molar-refractivity contribution in [2.75, 3.05) is 19.3 Å². The first kappa shape index (κ1) is 16.4. The number of amides is 1. The summed E-state index contributed by atoms with van der Waals surface area (Å²) < 4.78 is 24.9. The van der Waals surface area contributed by atoms with E-state index >= 15 is 0 Å². The molecule has 1 rings (SSSR count). The minimum Gasteiger partial charge on any atom is -0.341 e. The quantitative estimate of drug-likeness (QED) is 0.740. The number of carbonyl (C=O) groups is 1. The number of nitrogens with two attached hydrogens (primary N) is 1. The molecule has 112 valence electrons. The summed E-state index contributed by atoms with van der Waals surface area (Å²) in [6, 6.07) is -0.525. The van der Waals surface area contributed by atoms with Crippen molar-refractivity contribution in [3.63, 3.8) is 0 Å². The van der Waals surface area contributed by atoms with Gasteiger partial charge in [-0.25, -0.2) is 13.1 Å².